The van der Waals surface area contributed by atoms with Gasteiger partial charge in [0.2, 0.25) is 5.91 Å². The molecule has 0 aliphatic heterocycles. The van der Waals surface area contributed by atoms with Crippen molar-refractivity contribution in [3.05, 3.63) is 77.7 Å². The summed E-state index contributed by atoms with van der Waals surface area (Å²) in [4.78, 5) is 14.2. The van der Waals surface area contributed by atoms with Crippen LogP contribution in [0.2, 0.25) is 0 Å². The zero-order valence-corrected chi connectivity index (χ0v) is 14.5. The molecule has 1 heterocycles. The number of benzene rings is 2. The van der Waals surface area contributed by atoms with Crippen molar-refractivity contribution in [3.8, 4) is 11.3 Å². The van der Waals surface area contributed by atoms with Crippen LogP contribution in [-0.2, 0) is 17.8 Å². The largest absolute Gasteiger partial charge is 0.340 e. The molecular weight excluding hydrogens is 331 g/mol. The average molecular weight is 352 g/mol. The van der Waals surface area contributed by atoms with Crippen molar-refractivity contribution in [1.29, 1.82) is 0 Å². The molecule has 3 rings (SSSR count). The fraction of sp³-hybridized carbons (Fsp3) is 0.200. The van der Waals surface area contributed by atoms with Gasteiger partial charge in [-0.05, 0) is 36.2 Å². The van der Waals surface area contributed by atoms with E-state index >= 15 is 0 Å². The van der Waals surface area contributed by atoms with Gasteiger partial charge in [-0.2, -0.15) is 5.10 Å². The predicted molar refractivity (Wildman–Crippen MR) is 98.6 cm³/mol. The molecule has 134 valence electrons. The number of carbonyl (C=O) groups is 1. The number of nitrogens with one attached hydrogen (secondary N) is 1. The molecular formula is C20H21FN4O. The minimum Gasteiger partial charge on any atom is -0.340 e. The van der Waals surface area contributed by atoms with Crippen LogP contribution in [0, 0.1) is 5.82 Å². The Bertz CT molecular complexity index is 861. The molecule has 3 N–H and O–H groups in total. The second-order valence-corrected chi connectivity index (χ2v) is 6.27. The van der Waals surface area contributed by atoms with Crippen molar-refractivity contribution >= 4 is 5.91 Å². The fourth-order valence-electron chi connectivity index (χ4n) is 2.87. The van der Waals surface area contributed by atoms with Gasteiger partial charge in [0.25, 0.3) is 0 Å². The van der Waals surface area contributed by atoms with Gasteiger partial charge in [-0.25, -0.2) is 4.39 Å². The lowest BCUT2D eigenvalue weighted by molar-refractivity contribution is -0.131. The highest BCUT2D eigenvalue weighted by Gasteiger charge is 2.20. The number of amides is 1. The number of carbonyl (C=O) groups excluding carboxylic acids is 1. The number of aromatic amines is 1. The smallest absolute Gasteiger partial charge is 0.239 e. The first-order valence-electron chi connectivity index (χ1n) is 8.37. The van der Waals surface area contributed by atoms with Gasteiger partial charge in [0.1, 0.15) is 5.82 Å². The normalized spacial score (nSPS) is 12.0. The third kappa shape index (κ3) is 4.15. The average Bonchev–Trinajstić information content (AvgIpc) is 3.10. The molecule has 0 radical (unpaired) electrons. The van der Waals surface area contributed by atoms with Crippen LogP contribution in [0.3, 0.4) is 0 Å². The third-order valence-corrected chi connectivity index (χ3v) is 4.25. The second-order valence-electron chi connectivity index (χ2n) is 6.27. The number of likely N-dealkylation sites (N-methyl/N-ethyl adjacent to an activating group) is 1. The summed E-state index contributed by atoms with van der Waals surface area (Å²) in [7, 11) is 1.72. The van der Waals surface area contributed by atoms with E-state index in [1.54, 1.807) is 30.3 Å². The topological polar surface area (TPSA) is 75.0 Å². The molecule has 26 heavy (non-hydrogen) atoms. The van der Waals surface area contributed by atoms with E-state index < -0.39 is 6.04 Å². The zero-order chi connectivity index (χ0) is 18.5. The van der Waals surface area contributed by atoms with Gasteiger partial charge >= 0.3 is 0 Å². The maximum absolute atomic E-state index is 13.1. The highest BCUT2D eigenvalue weighted by molar-refractivity contribution is 5.82. The summed E-state index contributed by atoms with van der Waals surface area (Å²) < 4.78 is 13.1. The van der Waals surface area contributed by atoms with E-state index in [1.165, 1.54) is 12.1 Å². The summed E-state index contributed by atoms with van der Waals surface area (Å²) in [5.41, 5.74) is 9.54. The van der Waals surface area contributed by atoms with Gasteiger partial charge in [0.15, 0.2) is 0 Å². The van der Waals surface area contributed by atoms with Crippen LogP contribution < -0.4 is 5.73 Å². The van der Waals surface area contributed by atoms with Crippen molar-refractivity contribution < 1.29 is 9.18 Å². The molecule has 1 aromatic heterocycles. The lowest BCUT2D eigenvalue weighted by Crippen LogP contribution is -2.42. The van der Waals surface area contributed by atoms with Gasteiger partial charge in [-0.15, -0.1) is 0 Å². The monoisotopic (exact) mass is 352 g/mol. The Balaban J connectivity index is 1.68. The number of rotatable bonds is 6. The van der Waals surface area contributed by atoms with Crippen molar-refractivity contribution in [2.45, 2.75) is 19.0 Å². The minimum atomic E-state index is -0.608. The van der Waals surface area contributed by atoms with Crippen LogP contribution in [0.15, 0.2) is 60.8 Å². The number of nitrogens with zero attached hydrogens (tertiary/aromatic N) is 2. The molecule has 3 aromatic rings. The van der Waals surface area contributed by atoms with E-state index in [1.807, 2.05) is 30.3 Å². The SMILES string of the molecule is CN(Cc1cn[nH]c1-c1ccc(F)cc1)C(=O)[C@H](N)Cc1ccccc1. The lowest BCUT2D eigenvalue weighted by atomic mass is 10.0. The van der Waals surface area contributed by atoms with Crippen LogP contribution in [0.4, 0.5) is 4.39 Å². The number of halogens is 1. The number of hydrogen-bond donors (Lipinski definition) is 2. The maximum Gasteiger partial charge on any atom is 0.239 e. The molecule has 0 spiro atoms. The van der Waals surface area contributed by atoms with Crippen molar-refractivity contribution in [3.63, 3.8) is 0 Å². The van der Waals surface area contributed by atoms with Crippen LogP contribution in [0.1, 0.15) is 11.1 Å². The summed E-state index contributed by atoms with van der Waals surface area (Å²) in [6, 6.07) is 15.2. The van der Waals surface area contributed by atoms with E-state index in [0.29, 0.717) is 13.0 Å². The fourth-order valence-corrected chi connectivity index (χ4v) is 2.87. The Morgan fingerprint density at radius 2 is 1.88 bits per heavy atom. The van der Waals surface area contributed by atoms with Gasteiger partial charge in [0, 0.05) is 24.7 Å². The molecule has 2 aromatic carbocycles. The van der Waals surface area contributed by atoms with E-state index in [4.69, 9.17) is 5.73 Å². The molecule has 0 bridgehead atoms. The lowest BCUT2D eigenvalue weighted by Gasteiger charge is -2.21. The first kappa shape index (κ1) is 17.8. The Morgan fingerprint density at radius 3 is 2.58 bits per heavy atom. The Labute approximate surface area is 151 Å². The third-order valence-electron chi connectivity index (χ3n) is 4.25. The van der Waals surface area contributed by atoms with Gasteiger partial charge in [-0.3, -0.25) is 9.89 Å². The molecule has 5 nitrogen and oxygen atoms in total. The Kier molecular flexibility index (Phi) is 5.43. The van der Waals surface area contributed by atoms with Gasteiger partial charge in [0.05, 0.1) is 17.9 Å². The molecule has 0 aliphatic rings. The van der Waals surface area contributed by atoms with Crippen molar-refractivity contribution in [2.75, 3.05) is 7.05 Å². The number of aromatic nitrogens is 2. The summed E-state index contributed by atoms with van der Waals surface area (Å²) in [5.74, 6) is -0.436. The standard InChI is InChI=1S/C20H21FN4O/c1-25(20(26)18(22)11-14-5-3-2-4-6-14)13-16-12-23-24-19(16)15-7-9-17(21)10-8-15/h2-10,12,18H,11,13,22H2,1H3,(H,23,24)/t18-/m1/s1. The predicted octanol–water partition coefficient (Wildman–Crippen LogP) is 2.74. The van der Waals surface area contributed by atoms with Crippen molar-refractivity contribution in [1.82, 2.24) is 15.1 Å². The van der Waals surface area contributed by atoms with E-state index in [2.05, 4.69) is 10.2 Å². The molecule has 1 amide bonds. The summed E-state index contributed by atoms with van der Waals surface area (Å²) in [6.07, 6.45) is 2.16. The second kappa shape index (κ2) is 7.93. The molecule has 6 heteroatoms. The summed E-state index contributed by atoms with van der Waals surface area (Å²) in [6.45, 7) is 0.366. The van der Waals surface area contributed by atoms with Crippen LogP contribution in [-0.4, -0.2) is 34.1 Å². The molecule has 0 saturated heterocycles. The highest BCUT2D eigenvalue weighted by atomic mass is 19.1. The first-order chi connectivity index (χ1) is 12.5. The van der Waals surface area contributed by atoms with Gasteiger partial charge < -0.3 is 10.6 Å². The molecule has 0 unspecified atom stereocenters. The Morgan fingerprint density at radius 1 is 1.19 bits per heavy atom. The highest BCUT2D eigenvalue weighted by Crippen LogP contribution is 2.22. The van der Waals surface area contributed by atoms with Crippen LogP contribution in [0.25, 0.3) is 11.3 Å². The maximum atomic E-state index is 13.1. The minimum absolute atomic E-state index is 0.139. The number of H-pyrrole nitrogens is 1. The van der Waals surface area contributed by atoms with Gasteiger partial charge in [-0.1, -0.05) is 30.3 Å². The molecule has 0 fully saturated rings. The Hall–Kier alpha value is -2.99. The molecule has 0 saturated carbocycles. The van der Waals surface area contributed by atoms with E-state index in [0.717, 1.165) is 22.4 Å². The molecule has 0 aliphatic carbocycles. The summed E-state index contributed by atoms with van der Waals surface area (Å²) >= 11 is 0. The summed E-state index contributed by atoms with van der Waals surface area (Å²) in [5, 5.41) is 6.97. The first-order valence-corrected chi connectivity index (χ1v) is 8.37. The molecule has 1 atom stereocenters. The van der Waals surface area contributed by atoms with E-state index in [9.17, 15) is 9.18 Å². The van der Waals surface area contributed by atoms with Crippen LogP contribution in [0.5, 0.6) is 0 Å². The zero-order valence-electron chi connectivity index (χ0n) is 14.5. The van der Waals surface area contributed by atoms with Crippen LogP contribution >= 0.6 is 0 Å². The quantitative estimate of drug-likeness (QED) is 0.716. The van der Waals surface area contributed by atoms with Crippen molar-refractivity contribution in [2.24, 2.45) is 5.73 Å². The number of hydrogen-bond acceptors (Lipinski definition) is 3. The van der Waals surface area contributed by atoms with E-state index in [-0.39, 0.29) is 11.7 Å². The number of nitrogens with two attached hydrogens (primary N) is 1.